The molecule has 0 spiro atoms. The highest BCUT2D eigenvalue weighted by Gasteiger charge is 2.22. The number of hydrogen-bond donors (Lipinski definition) is 2. The number of carbonyl (C=O) groups excluding carboxylic acids is 2. The Balaban J connectivity index is 1.37. The number of rotatable bonds is 9. The molecule has 0 aliphatic carbocycles. The van der Waals surface area contributed by atoms with E-state index in [4.69, 9.17) is 4.74 Å². The van der Waals surface area contributed by atoms with Crippen molar-refractivity contribution in [1.82, 2.24) is 14.8 Å². The summed E-state index contributed by atoms with van der Waals surface area (Å²) in [6.07, 6.45) is 5.20. The van der Waals surface area contributed by atoms with Crippen LogP contribution in [0.2, 0.25) is 0 Å². The van der Waals surface area contributed by atoms with Crippen LogP contribution in [0.3, 0.4) is 0 Å². The van der Waals surface area contributed by atoms with Crippen LogP contribution in [0.15, 0.2) is 48.7 Å². The minimum atomic E-state index is -0.0551. The molecule has 1 saturated heterocycles. The van der Waals surface area contributed by atoms with Crippen LogP contribution < -0.4 is 15.4 Å². The first kappa shape index (κ1) is 23.8. The molecule has 180 valence electrons. The number of ketones is 1. The maximum atomic E-state index is 12.1. The summed E-state index contributed by atoms with van der Waals surface area (Å²) in [6.45, 7) is 4.94. The van der Waals surface area contributed by atoms with Gasteiger partial charge in [-0.05, 0) is 73.5 Å². The molecule has 3 aromatic rings. The number of nitrogens with zero attached hydrogens (tertiary/aromatic N) is 2. The van der Waals surface area contributed by atoms with E-state index in [9.17, 15) is 9.59 Å². The van der Waals surface area contributed by atoms with Crippen molar-refractivity contribution in [2.75, 3.05) is 45.7 Å². The third kappa shape index (κ3) is 5.42. The fourth-order valence-electron chi connectivity index (χ4n) is 4.76. The Hall–Kier alpha value is -3.32. The summed E-state index contributed by atoms with van der Waals surface area (Å²) in [5.41, 5.74) is 3.91. The zero-order chi connectivity index (χ0) is 24.1. The Morgan fingerprint density at radius 3 is 2.59 bits per heavy atom. The first-order chi connectivity index (χ1) is 16.5. The zero-order valence-corrected chi connectivity index (χ0v) is 20.3. The molecule has 7 nitrogen and oxygen atoms in total. The standard InChI is InChI=1S/C27H34N4O3/c1-19(32)18-29-23-6-7-26(34-3)21(16-23)8-12-30-13-10-24(11-14-30)31-15-9-20-4-5-22(17-25(20)31)27(33)28-2/h4-7,9,15-17,24,29H,8,10-14,18H2,1-3H3,(H,28,33). The van der Waals surface area contributed by atoms with Gasteiger partial charge in [-0.25, -0.2) is 0 Å². The van der Waals surface area contributed by atoms with Crippen molar-refractivity contribution in [3.05, 3.63) is 59.8 Å². The predicted molar refractivity (Wildman–Crippen MR) is 136 cm³/mol. The molecule has 1 aromatic heterocycles. The topological polar surface area (TPSA) is 75.6 Å². The van der Waals surface area contributed by atoms with Gasteiger partial charge >= 0.3 is 0 Å². The molecule has 0 unspecified atom stereocenters. The number of methoxy groups -OCH3 is 1. The second kappa shape index (κ2) is 10.7. The van der Waals surface area contributed by atoms with Gasteiger partial charge in [-0.1, -0.05) is 6.07 Å². The molecule has 0 atom stereocenters. The van der Waals surface area contributed by atoms with Crippen molar-refractivity contribution >= 4 is 28.3 Å². The van der Waals surface area contributed by atoms with Crippen molar-refractivity contribution in [1.29, 1.82) is 0 Å². The molecule has 0 saturated carbocycles. The molecule has 0 bridgehead atoms. The number of amides is 1. The fraction of sp³-hybridized carbons (Fsp3) is 0.407. The Bertz CT molecular complexity index is 1160. The highest BCUT2D eigenvalue weighted by Crippen LogP contribution is 2.29. The van der Waals surface area contributed by atoms with Gasteiger partial charge in [0, 0.05) is 55.7 Å². The van der Waals surface area contributed by atoms with Crippen LogP contribution in [-0.2, 0) is 11.2 Å². The summed E-state index contributed by atoms with van der Waals surface area (Å²) >= 11 is 0. The first-order valence-electron chi connectivity index (χ1n) is 11.9. The van der Waals surface area contributed by atoms with Gasteiger partial charge < -0.3 is 24.8 Å². The summed E-state index contributed by atoms with van der Waals surface area (Å²) in [5, 5.41) is 7.06. The maximum absolute atomic E-state index is 12.1. The van der Waals surface area contributed by atoms with Crippen LogP contribution in [0.5, 0.6) is 5.75 Å². The lowest BCUT2D eigenvalue weighted by Crippen LogP contribution is -2.35. The Morgan fingerprint density at radius 2 is 1.88 bits per heavy atom. The summed E-state index contributed by atoms with van der Waals surface area (Å²) in [7, 11) is 3.36. The lowest BCUT2D eigenvalue weighted by Gasteiger charge is -2.33. The Labute approximate surface area is 201 Å². The number of fused-ring (bicyclic) bond motifs is 1. The van der Waals surface area contributed by atoms with Crippen LogP contribution in [0.1, 0.15) is 41.7 Å². The normalized spacial score (nSPS) is 14.8. The van der Waals surface area contributed by atoms with Gasteiger partial charge in [-0.2, -0.15) is 0 Å². The van der Waals surface area contributed by atoms with E-state index in [0.29, 0.717) is 18.2 Å². The van der Waals surface area contributed by atoms with Crippen molar-refractivity contribution < 1.29 is 14.3 Å². The summed E-state index contributed by atoms with van der Waals surface area (Å²) in [4.78, 5) is 25.9. The summed E-state index contributed by atoms with van der Waals surface area (Å²) < 4.78 is 7.90. The van der Waals surface area contributed by atoms with Gasteiger partial charge in [0.2, 0.25) is 0 Å². The minimum Gasteiger partial charge on any atom is -0.496 e. The van der Waals surface area contributed by atoms with E-state index < -0.39 is 0 Å². The van der Waals surface area contributed by atoms with E-state index >= 15 is 0 Å². The average Bonchev–Trinajstić information content (AvgIpc) is 3.29. The molecule has 2 aromatic carbocycles. The van der Waals surface area contributed by atoms with Crippen molar-refractivity contribution in [2.24, 2.45) is 0 Å². The van der Waals surface area contributed by atoms with Crippen molar-refractivity contribution in [3.8, 4) is 5.75 Å². The van der Waals surface area contributed by atoms with Gasteiger partial charge in [-0.3, -0.25) is 9.59 Å². The molecule has 1 aliphatic heterocycles. The smallest absolute Gasteiger partial charge is 0.251 e. The van der Waals surface area contributed by atoms with Gasteiger partial charge in [0.15, 0.2) is 0 Å². The van der Waals surface area contributed by atoms with Gasteiger partial charge in [-0.15, -0.1) is 0 Å². The van der Waals surface area contributed by atoms with Crippen LogP contribution in [0.4, 0.5) is 5.69 Å². The lowest BCUT2D eigenvalue weighted by molar-refractivity contribution is -0.115. The number of carbonyl (C=O) groups is 2. The number of likely N-dealkylation sites (tertiary alicyclic amines) is 1. The van der Waals surface area contributed by atoms with Crippen LogP contribution in [-0.4, -0.2) is 61.5 Å². The molecule has 4 rings (SSSR count). The number of benzene rings is 2. The first-order valence-corrected chi connectivity index (χ1v) is 11.9. The monoisotopic (exact) mass is 462 g/mol. The van der Waals surface area contributed by atoms with E-state index in [-0.39, 0.29) is 11.7 Å². The number of nitrogens with one attached hydrogen (secondary N) is 2. The maximum Gasteiger partial charge on any atom is 0.251 e. The summed E-state index contributed by atoms with van der Waals surface area (Å²) in [6, 6.07) is 14.5. The van der Waals surface area contributed by atoms with Crippen molar-refractivity contribution in [3.63, 3.8) is 0 Å². The predicted octanol–water partition coefficient (Wildman–Crippen LogP) is 3.89. The van der Waals surface area contributed by atoms with Gasteiger partial charge in [0.1, 0.15) is 11.5 Å². The van der Waals surface area contributed by atoms with E-state index in [1.54, 1.807) is 21.1 Å². The molecular formula is C27H34N4O3. The molecular weight excluding hydrogens is 428 g/mol. The highest BCUT2D eigenvalue weighted by atomic mass is 16.5. The number of piperidine rings is 1. The van der Waals surface area contributed by atoms with E-state index in [1.807, 2.05) is 30.3 Å². The van der Waals surface area contributed by atoms with Gasteiger partial charge in [0.05, 0.1) is 13.7 Å². The number of hydrogen-bond acceptors (Lipinski definition) is 5. The lowest BCUT2D eigenvalue weighted by atomic mass is 10.0. The van der Waals surface area contributed by atoms with Gasteiger partial charge in [0.25, 0.3) is 5.91 Å². The second-order valence-corrected chi connectivity index (χ2v) is 8.98. The van der Waals surface area contributed by atoms with E-state index in [0.717, 1.165) is 61.4 Å². The molecule has 1 fully saturated rings. The number of Topliss-reactive ketones (excluding diaryl/α,β-unsaturated/α-hetero) is 1. The minimum absolute atomic E-state index is 0.0551. The number of aromatic nitrogens is 1. The van der Waals surface area contributed by atoms with E-state index in [1.165, 1.54) is 5.39 Å². The second-order valence-electron chi connectivity index (χ2n) is 8.98. The molecule has 2 heterocycles. The number of anilines is 1. The molecule has 2 N–H and O–H groups in total. The third-order valence-corrected chi connectivity index (χ3v) is 6.68. The van der Waals surface area contributed by atoms with Crippen LogP contribution in [0, 0.1) is 0 Å². The molecule has 0 radical (unpaired) electrons. The van der Waals surface area contributed by atoms with E-state index in [2.05, 4.69) is 38.4 Å². The third-order valence-electron chi connectivity index (χ3n) is 6.68. The average molecular weight is 463 g/mol. The molecule has 1 amide bonds. The SMILES string of the molecule is CNC(=O)c1ccc2ccn(C3CCN(CCc4cc(NCC(C)=O)ccc4OC)CC3)c2c1. The molecule has 34 heavy (non-hydrogen) atoms. The Morgan fingerprint density at radius 1 is 1.09 bits per heavy atom. The largest absolute Gasteiger partial charge is 0.496 e. The van der Waals surface area contributed by atoms with Crippen molar-refractivity contribution in [2.45, 2.75) is 32.2 Å². The van der Waals surface area contributed by atoms with Crippen LogP contribution >= 0.6 is 0 Å². The number of ether oxygens (including phenoxy) is 1. The Kier molecular flexibility index (Phi) is 7.53. The summed E-state index contributed by atoms with van der Waals surface area (Å²) in [5.74, 6) is 0.940. The fourth-order valence-corrected chi connectivity index (χ4v) is 4.76. The highest BCUT2D eigenvalue weighted by molar-refractivity contribution is 5.97. The van der Waals surface area contributed by atoms with Crippen LogP contribution in [0.25, 0.3) is 10.9 Å². The molecule has 1 aliphatic rings. The quantitative estimate of drug-likeness (QED) is 0.505. The zero-order valence-electron chi connectivity index (χ0n) is 20.3. The molecule has 7 heteroatoms.